The number of halogens is 5. The minimum absolute atomic E-state index is 0.0194. The van der Waals surface area contributed by atoms with Crippen LogP contribution < -0.4 is 10.6 Å². The van der Waals surface area contributed by atoms with Gasteiger partial charge in [0.05, 0.1) is 6.04 Å². The molecule has 32 heavy (non-hydrogen) atoms. The predicted octanol–water partition coefficient (Wildman–Crippen LogP) is 8.88. The lowest BCUT2D eigenvalue weighted by atomic mass is 9.91. The van der Waals surface area contributed by atoms with Crippen LogP contribution in [0.3, 0.4) is 0 Å². The van der Waals surface area contributed by atoms with Crippen LogP contribution in [0.25, 0.3) is 0 Å². The van der Waals surface area contributed by atoms with E-state index in [9.17, 15) is 13.2 Å². The first-order valence-electron chi connectivity index (χ1n) is 10.4. The number of hydrogen-bond acceptors (Lipinski definition) is 2. The molecule has 0 aromatic heterocycles. The molecule has 2 atom stereocenters. The van der Waals surface area contributed by atoms with E-state index in [1.165, 1.54) is 0 Å². The standard InChI is InChI=1S/C22H26ClF3N2.C2H6.H2IP/c1-14(2)19(13-16(4)22(24,25)26)15(3)12-21-20(6-5-11-27-21)28-18-9-7-17(23)8-10-18;2*1-2/h7-10,12-14,20,27-28H,3-6,11H2,1-2H3;1-2H3;2H2/b19-13+,21-12-;;. The van der Waals surface area contributed by atoms with Crippen molar-refractivity contribution in [3.05, 3.63) is 77.0 Å². The molecule has 1 saturated heterocycles. The fourth-order valence-electron chi connectivity index (χ4n) is 3.04. The van der Waals surface area contributed by atoms with E-state index in [0.29, 0.717) is 16.2 Å². The molecule has 1 fully saturated rings. The number of hydrogen-bond donors (Lipinski definition) is 2. The van der Waals surface area contributed by atoms with Crippen LogP contribution in [0, 0.1) is 5.92 Å². The molecule has 1 aromatic carbocycles. The number of piperidine rings is 1. The maximum atomic E-state index is 12.9. The Morgan fingerprint density at radius 1 is 1.22 bits per heavy atom. The Hall–Kier alpha value is -0.980. The van der Waals surface area contributed by atoms with Gasteiger partial charge in [-0.3, -0.25) is 0 Å². The maximum Gasteiger partial charge on any atom is 0.415 e. The van der Waals surface area contributed by atoms with Crippen LogP contribution in [-0.4, -0.2) is 18.8 Å². The van der Waals surface area contributed by atoms with Gasteiger partial charge in [0.15, 0.2) is 0 Å². The molecule has 0 saturated carbocycles. The Labute approximate surface area is 211 Å². The van der Waals surface area contributed by atoms with E-state index in [2.05, 4.69) is 52.7 Å². The number of alkyl halides is 3. The van der Waals surface area contributed by atoms with Gasteiger partial charge in [0.2, 0.25) is 0 Å². The Kier molecular flexibility index (Phi) is 15.3. The van der Waals surface area contributed by atoms with Crippen molar-refractivity contribution in [1.82, 2.24) is 5.32 Å². The number of anilines is 1. The third kappa shape index (κ3) is 10.8. The number of nitrogens with one attached hydrogen (secondary N) is 2. The van der Waals surface area contributed by atoms with Gasteiger partial charge in [0.1, 0.15) is 0 Å². The highest BCUT2D eigenvalue weighted by atomic mass is 127. The normalized spacial score (nSPS) is 17.4. The van der Waals surface area contributed by atoms with Crippen LogP contribution in [0.15, 0.2) is 72.0 Å². The van der Waals surface area contributed by atoms with Crippen molar-refractivity contribution >= 4 is 46.2 Å². The highest BCUT2D eigenvalue weighted by molar-refractivity contribution is 14.2. The molecule has 1 aliphatic rings. The van der Waals surface area contributed by atoms with Crippen molar-refractivity contribution in [2.24, 2.45) is 5.92 Å². The average molecular weight is 601 g/mol. The highest BCUT2D eigenvalue weighted by Gasteiger charge is 2.31. The zero-order valence-corrected chi connectivity index (χ0v) is 23.2. The summed E-state index contributed by atoms with van der Waals surface area (Å²) in [4.78, 5) is 0. The summed E-state index contributed by atoms with van der Waals surface area (Å²) in [6.07, 6.45) is 0.379. The van der Waals surface area contributed by atoms with E-state index in [-0.39, 0.29) is 12.0 Å². The Balaban J connectivity index is 0.00000227. The quantitative estimate of drug-likeness (QED) is 0.194. The second-order valence-corrected chi connectivity index (χ2v) is 7.61. The fraction of sp³-hybridized carbons (Fsp3) is 0.417. The van der Waals surface area contributed by atoms with Gasteiger partial charge in [-0.2, -0.15) is 13.2 Å². The van der Waals surface area contributed by atoms with Crippen LogP contribution in [0.1, 0.15) is 40.5 Å². The third-order valence-corrected chi connectivity index (χ3v) is 4.83. The molecule has 0 amide bonds. The first kappa shape index (κ1) is 31.0. The van der Waals surface area contributed by atoms with E-state index in [4.69, 9.17) is 11.6 Å². The average Bonchev–Trinajstić information content (AvgIpc) is 2.76. The van der Waals surface area contributed by atoms with Gasteiger partial charge in [-0.25, -0.2) is 0 Å². The molecule has 0 aliphatic carbocycles. The Morgan fingerprint density at radius 3 is 2.28 bits per heavy atom. The summed E-state index contributed by atoms with van der Waals surface area (Å²) in [5.41, 5.74) is 2.04. The lowest BCUT2D eigenvalue weighted by Gasteiger charge is -2.29. The van der Waals surface area contributed by atoms with Crippen LogP contribution in [0.2, 0.25) is 5.02 Å². The SMILES string of the molecule is C=C(/C=C1\NCCCC1Nc1ccc(Cl)cc1)/C(=C/C(=C)C(F)(F)F)C(C)C.CC.PI. The maximum absolute atomic E-state index is 12.9. The molecule has 180 valence electrons. The largest absolute Gasteiger partial charge is 0.415 e. The first-order chi connectivity index (χ1) is 15.1. The van der Waals surface area contributed by atoms with Crippen LogP contribution in [0.5, 0.6) is 0 Å². The van der Waals surface area contributed by atoms with E-state index in [0.717, 1.165) is 36.8 Å². The molecule has 2 rings (SSSR count). The van der Waals surface area contributed by atoms with Crippen molar-refractivity contribution in [3.8, 4) is 0 Å². The molecule has 2 N–H and O–H groups in total. The minimum Gasteiger partial charge on any atom is -0.387 e. The van der Waals surface area contributed by atoms with Gasteiger partial charge < -0.3 is 10.6 Å². The molecule has 1 heterocycles. The summed E-state index contributed by atoms with van der Waals surface area (Å²) < 4.78 is 38.7. The molecular weight excluding hydrogens is 567 g/mol. The van der Waals surface area contributed by atoms with Gasteiger partial charge in [-0.1, -0.05) is 81.4 Å². The van der Waals surface area contributed by atoms with Crippen molar-refractivity contribution in [1.29, 1.82) is 0 Å². The van der Waals surface area contributed by atoms with Crippen molar-refractivity contribution in [2.45, 2.75) is 52.8 Å². The summed E-state index contributed by atoms with van der Waals surface area (Å²) in [6, 6.07) is 7.44. The second-order valence-electron chi connectivity index (χ2n) is 7.18. The molecule has 0 spiro atoms. The highest BCUT2D eigenvalue weighted by Crippen LogP contribution is 2.30. The van der Waals surface area contributed by atoms with E-state index in [1.807, 2.05) is 58.0 Å². The number of benzene rings is 1. The molecule has 0 radical (unpaired) electrons. The zero-order valence-electron chi connectivity index (χ0n) is 19.1. The Morgan fingerprint density at radius 2 is 1.78 bits per heavy atom. The lowest BCUT2D eigenvalue weighted by Crippen LogP contribution is -2.36. The third-order valence-electron chi connectivity index (χ3n) is 4.58. The van der Waals surface area contributed by atoms with Crippen molar-refractivity contribution < 1.29 is 13.2 Å². The van der Waals surface area contributed by atoms with Gasteiger partial charge in [0, 0.05) is 28.5 Å². The molecule has 0 bridgehead atoms. The van der Waals surface area contributed by atoms with Crippen LogP contribution in [0.4, 0.5) is 18.9 Å². The van der Waals surface area contributed by atoms with Gasteiger partial charge in [-0.05, 0) is 66.3 Å². The molecule has 2 nitrogen and oxygen atoms in total. The first-order valence-corrected chi connectivity index (χ1v) is 15.0. The molecule has 2 unspecified atom stereocenters. The van der Waals surface area contributed by atoms with Gasteiger partial charge >= 0.3 is 6.18 Å². The molecule has 1 aromatic rings. The second kappa shape index (κ2) is 15.8. The zero-order chi connectivity index (χ0) is 24.9. The van der Waals surface area contributed by atoms with E-state index < -0.39 is 11.7 Å². The topological polar surface area (TPSA) is 24.1 Å². The van der Waals surface area contributed by atoms with E-state index in [1.54, 1.807) is 0 Å². The number of rotatable bonds is 6. The Bertz CT molecular complexity index is 787. The predicted molar refractivity (Wildman–Crippen MR) is 147 cm³/mol. The minimum atomic E-state index is -4.45. The van der Waals surface area contributed by atoms with Crippen molar-refractivity contribution in [3.63, 3.8) is 0 Å². The van der Waals surface area contributed by atoms with Crippen molar-refractivity contribution in [2.75, 3.05) is 11.9 Å². The summed E-state index contributed by atoms with van der Waals surface area (Å²) >= 11 is 8.00. The number of allylic oxidation sites excluding steroid dienone is 5. The molecular formula is C24H34ClF3IN2P. The van der Waals surface area contributed by atoms with Crippen LogP contribution in [-0.2, 0) is 0 Å². The van der Waals surface area contributed by atoms with Crippen LogP contribution >= 0.6 is 40.5 Å². The summed E-state index contributed by atoms with van der Waals surface area (Å²) in [5.74, 6) is -0.116. The summed E-state index contributed by atoms with van der Waals surface area (Å²) in [6.45, 7) is 18.1. The van der Waals surface area contributed by atoms with Gasteiger partial charge in [-0.15, -0.1) is 0 Å². The van der Waals surface area contributed by atoms with E-state index >= 15 is 0 Å². The lowest BCUT2D eigenvalue weighted by molar-refractivity contribution is -0.0878. The summed E-state index contributed by atoms with van der Waals surface area (Å²) in [7, 11) is 0. The summed E-state index contributed by atoms with van der Waals surface area (Å²) in [5, 5.41) is 7.46. The smallest absolute Gasteiger partial charge is 0.387 e. The molecule has 8 heteroatoms. The fourth-order valence-corrected chi connectivity index (χ4v) is 3.16. The monoisotopic (exact) mass is 600 g/mol. The van der Waals surface area contributed by atoms with Gasteiger partial charge in [0.25, 0.3) is 0 Å². The molecule has 1 aliphatic heterocycles.